The molecule has 0 bridgehead atoms. The molecule has 8 nitrogen and oxygen atoms in total. The summed E-state index contributed by atoms with van der Waals surface area (Å²) in [5.41, 5.74) is -1.38. The zero-order chi connectivity index (χ0) is 21.4. The van der Waals surface area contributed by atoms with Gasteiger partial charge in [-0.25, -0.2) is 4.79 Å². The number of hydrogen-bond donors (Lipinski definition) is 1. The van der Waals surface area contributed by atoms with E-state index < -0.39 is 11.6 Å². The molecule has 0 radical (unpaired) electrons. The van der Waals surface area contributed by atoms with Gasteiger partial charge in [0.2, 0.25) is 19.2 Å². The Morgan fingerprint density at radius 1 is 1.03 bits per heavy atom. The summed E-state index contributed by atoms with van der Waals surface area (Å²) in [6.45, 7) is 4.41. The molecule has 0 amide bonds. The summed E-state index contributed by atoms with van der Waals surface area (Å²) in [4.78, 5) is 15.7. The van der Waals surface area contributed by atoms with Crippen LogP contribution in [0.2, 0.25) is 0 Å². The largest absolute Gasteiger partial charge is 0.461 e. The summed E-state index contributed by atoms with van der Waals surface area (Å²) in [5, 5.41) is 11.8. The lowest BCUT2D eigenvalue weighted by Gasteiger charge is -2.29. The van der Waals surface area contributed by atoms with Gasteiger partial charge in [0.05, 0.1) is 0 Å². The zero-order valence-electron chi connectivity index (χ0n) is 17.7. The predicted octanol–water partition coefficient (Wildman–Crippen LogP) is 2.83. The van der Waals surface area contributed by atoms with Gasteiger partial charge in [-0.1, -0.05) is 19.1 Å². The summed E-state index contributed by atoms with van der Waals surface area (Å²) in [6, 6.07) is 10.0. The number of esters is 1. The van der Waals surface area contributed by atoms with Crippen LogP contribution in [0.3, 0.4) is 0 Å². The van der Waals surface area contributed by atoms with Crippen molar-refractivity contribution in [2.75, 3.05) is 33.3 Å². The monoisotopic (exact) mass is 463 g/mol. The molecular weight excluding hydrogens is 438 g/mol. The third-order valence-electron chi connectivity index (χ3n) is 6.19. The summed E-state index contributed by atoms with van der Waals surface area (Å²) < 4.78 is 27.3. The number of carbonyl (C=O) groups is 1. The molecule has 0 aliphatic carbocycles. The van der Waals surface area contributed by atoms with E-state index in [2.05, 4.69) is 11.8 Å². The van der Waals surface area contributed by atoms with Gasteiger partial charge in [-0.3, -0.25) is 4.90 Å². The quantitative estimate of drug-likeness (QED) is 0.654. The van der Waals surface area contributed by atoms with Crippen molar-refractivity contribution in [3.05, 3.63) is 47.5 Å². The van der Waals surface area contributed by atoms with E-state index in [0.29, 0.717) is 34.1 Å². The molecule has 1 unspecified atom stereocenters. The first-order valence-electron chi connectivity index (χ1n) is 10.5. The van der Waals surface area contributed by atoms with E-state index in [9.17, 15) is 9.90 Å². The van der Waals surface area contributed by atoms with Crippen molar-refractivity contribution in [1.82, 2.24) is 4.90 Å². The fraction of sp³-hybridized carbons (Fsp3) is 0.435. The van der Waals surface area contributed by atoms with Gasteiger partial charge in [0, 0.05) is 17.2 Å². The lowest BCUT2D eigenvalue weighted by Crippen LogP contribution is -2.41. The van der Waals surface area contributed by atoms with Crippen molar-refractivity contribution in [1.29, 1.82) is 0 Å². The van der Waals surface area contributed by atoms with Crippen LogP contribution in [0.4, 0.5) is 0 Å². The highest BCUT2D eigenvalue weighted by Crippen LogP contribution is 2.42. The van der Waals surface area contributed by atoms with E-state index >= 15 is 0 Å². The molecule has 3 aliphatic heterocycles. The van der Waals surface area contributed by atoms with Gasteiger partial charge < -0.3 is 28.8 Å². The average Bonchev–Trinajstić information content (AvgIpc) is 3.55. The lowest BCUT2D eigenvalue weighted by molar-refractivity contribution is -0.163. The van der Waals surface area contributed by atoms with Crippen molar-refractivity contribution in [3.8, 4) is 23.0 Å². The average molecular weight is 464 g/mol. The van der Waals surface area contributed by atoms with Gasteiger partial charge in [-0.15, -0.1) is 12.4 Å². The van der Waals surface area contributed by atoms with E-state index in [0.717, 1.165) is 25.9 Å². The number of rotatable bonds is 6. The normalized spacial score (nSPS) is 19.0. The van der Waals surface area contributed by atoms with E-state index in [4.69, 9.17) is 23.7 Å². The minimum absolute atomic E-state index is 0. The van der Waals surface area contributed by atoms with Crippen LogP contribution in [-0.4, -0.2) is 55.3 Å². The molecule has 1 saturated heterocycles. The van der Waals surface area contributed by atoms with Crippen molar-refractivity contribution >= 4 is 18.4 Å². The minimum Gasteiger partial charge on any atom is -0.461 e. The highest BCUT2D eigenvalue weighted by molar-refractivity contribution is 5.86. The standard InChI is InChI=1S/C23H25NO7.ClH/c1-2-24-9-3-4-17(24)12-27-22(25)23(26,15-5-7-18-20(10-15)30-13-28-18)16-6-8-19-21(11-16)31-14-29-19;/h5-8,10-11,17,26H,2-4,9,12-14H2,1H3;1H. The van der Waals surface area contributed by atoms with Crippen LogP contribution in [0, 0.1) is 0 Å². The fourth-order valence-corrected chi connectivity index (χ4v) is 4.42. The molecule has 0 spiro atoms. The molecule has 172 valence electrons. The molecule has 0 aromatic heterocycles. The molecule has 5 rings (SSSR count). The Labute approximate surface area is 192 Å². The van der Waals surface area contributed by atoms with Crippen LogP contribution in [-0.2, 0) is 15.1 Å². The van der Waals surface area contributed by atoms with Gasteiger partial charge in [0.25, 0.3) is 0 Å². The van der Waals surface area contributed by atoms with Gasteiger partial charge in [0.1, 0.15) is 6.61 Å². The first-order chi connectivity index (χ1) is 15.1. The molecule has 2 aromatic carbocycles. The molecule has 3 aliphatic rings. The molecule has 1 atom stereocenters. The molecule has 3 heterocycles. The maximum atomic E-state index is 13.4. The Morgan fingerprint density at radius 3 is 2.16 bits per heavy atom. The summed E-state index contributed by atoms with van der Waals surface area (Å²) in [7, 11) is 0. The van der Waals surface area contributed by atoms with Crippen molar-refractivity contribution < 1.29 is 33.6 Å². The fourth-order valence-electron chi connectivity index (χ4n) is 4.42. The predicted molar refractivity (Wildman–Crippen MR) is 117 cm³/mol. The topological polar surface area (TPSA) is 86.7 Å². The Hall–Kier alpha value is -2.68. The number of fused-ring (bicyclic) bond motifs is 2. The second-order valence-corrected chi connectivity index (χ2v) is 7.87. The lowest BCUT2D eigenvalue weighted by atomic mass is 9.86. The van der Waals surface area contributed by atoms with Crippen LogP contribution < -0.4 is 18.9 Å². The van der Waals surface area contributed by atoms with E-state index in [1.54, 1.807) is 36.4 Å². The van der Waals surface area contributed by atoms with Crippen LogP contribution in [0.1, 0.15) is 30.9 Å². The van der Waals surface area contributed by atoms with Crippen molar-refractivity contribution in [2.24, 2.45) is 0 Å². The number of ether oxygens (including phenoxy) is 5. The maximum absolute atomic E-state index is 13.4. The summed E-state index contributed by atoms with van der Waals surface area (Å²) in [5.74, 6) is 1.33. The summed E-state index contributed by atoms with van der Waals surface area (Å²) in [6.07, 6.45) is 2.04. The van der Waals surface area contributed by atoms with E-state index in [1.807, 2.05) is 0 Å². The van der Waals surface area contributed by atoms with E-state index in [-0.39, 0.29) is 38.6 Å². The second-order valence-electron chi connectivity index (χ2n) is 7.87. The Morgan fingerprint density at radius 2 is 1.59 bits per heavy atom. The Balaban J connectivity index is 0.00000245. The highest BCUT2D eigenvalue weighted by atomic mass is 35.5. The second kappa shape index (κ2) is 9.05. The molecular formula is C23H26ClNO7. The number of hydrogen-bond acceptors (Lipinski definition) is 8. The summed E-state index contributed by atoms with van der Waals surface area (Å²) >= 11 is 0. The molecule has 2 aromatic rings. The molecule has 9 heteroatoms. The smallest absolute Gasteiger partial charge is 0.347 e. The minimum atomic E-state index is -2.04. The SMILES string of the molecule is CCN1CCCC1COC(=O)C(O)(c1ccc2c(c1)OCO2)c1ccc2c(c1)OCO2.Cl. The Kier molecular flexibility index (Phi) is 6.37. The van der Waals surface area contributed by atoms with Gasteiger partial charge >= 0.3 is 5.97 Å². The molecule has 32 heavy (non-hydrogen) atoms. The third kappa shape index (κ3) is 3.83. The maximum Gasteiger partial charge on any atom is 0.347 e. The third-order valence-corrected chi connectivity index (χ3v) is 6.19. The van der Waals surface area contributed by atoms with Gasteiger partial charge in [-0.2, -0.15) is 0 Å². The molecule has 1 N–H and O–H groups in total. The number of carbonyl (C=O) groups excluding carboxylic acids is 1. The number of aliphatic hydroxyl groups is 1. The number of halogens is 1. The number of likely N-dealkylation sites (N-methyl/N-ethyl adjacent to an activating group) is 1. The molecule has 1 fully saturated rings. The number of benzene rings is 2. The highest BCUT2D eigenvalue weighted by Gasteiger charge is 2.44. The zero-order valence-corrected chi connectivity index (χ0v) is 18.6. The van der Waals surface area contributed by atoms with Crippen molar-refractivity contribution in [3.63, 3.8) is 0 Å². The van der Waals surface area contributed by atoms with Crippen LogP contribution in [0.5, 0.6) is 23.0 Å². The van der Waals surface area contributed by atoms with E-state index in [1.165, 1.54) is 0 Å². The number of nitrogens with zero attached hydrogens (tertiary/aromatic N) is 1. The molecule has 0 saturated carbocycles. The first-order valence-corrected chi connectivity index (χ1v) is 10.5. The number of likely N-dealkylation sites (tertiary alicyclic amines) is 1. The van der Waals surface area contributed by atoms with Crippen molar-refractivity contribution in [2.45, 2.75) is 31.4 Å². The first kappa shape index (κ1) is 22.5. The van der Waals surface area contributed by atoms with Gasteiger partial charge in [0.15, 0.2) is 23.0 Å². The van der Waals surface area contributed by atoms with Crippen LogP contribution >= 0.6 is 12.4 Å². The van der Waals surface area contributed by atoms with Crippen LogP contribution in [0.15, 0.2) is 36.4 Å². The Bertz CT molecular complexity index is 941. The van der Waals surface area contributed by atoms with Crippen LogP contribution in [0.25, 0.3) is 0 Å². The van der Waals surface area contributed by atoms with Gasteiger partial charge in [-0.05, 0) is 50.2 Å².